The van der Waals surface area contributed by atoms with Gasteiger partial charge in [0, 0.05) is 17.9 Å². The largest absolute Gasteiger partial charge is 0.354 e. The van der Waals surface area contributed by atoms with Crippen LogP contribution in [0.5, 0.6) is 0 Å². The number of hydrogen-bond acceptors (Lipinski definition) is 3. The highest BCUT2D eigenvalue weighted by Gasteiger charge is 2.45. The lowest BCUT2D eigenvalue weighted by Gasteiger charge is -2.35. The summed E-state index contributed by atoms with van der Waals surface area (Å²) in [6.07, 6.45) is 6.75. The zero-order valence-electron chi connectivity index (χ0n) is 16.8. The lowest BCUT2D eigenvalue weighted by Crippen LogP contribution is -2.51. The van der Waals surface area contributed by atoms with Crippen molar-refractivity contribution in [3.8, 4) is 0 Å². The Morgan fingerprint density at radius 3 is 2.50 bits per heavy atom. The van der Waals surface area contributed by atoms with Gasteiger partial charge in [0.1, 0.15) is 11.9 Å². The smallest absolute Gasteiger partial charge is 0.255 e. The minimum absolute atomic E-state index is 0.0266. The van der Waals surface area contributed by atoms with Crippen LogP contribution in [0.3, 0.4) is 0 Å². The molecule has 154 valence electrons. The summed E-state index contributed by atoms with van der Waals surface area (Å²) in [4.78, 5) is 28.0. The normalized spacial score (nSPS) is 23.2. The topological polar surface area (TPSA) is 49.4 Å². The highest BCUT2D eigenvalue weighted by Crippen LogP contribution is 2.41. The van der Waals surface area contributed by atoms with Crippen molar-refractivity contribution in [2.75, 3.05) is 12.3 Å². The maximum absolute atomic E-state index is 13.3. The Balaban J connectivity index is 1.78. The molecule has 2 fully saturated rings. The Kier molecular flexibility index (Phi) is 7.38. The van der Waals surface area contributed by atoms with E-state index >= 15 is 0 Å². The number of hydrogen-bond donors (Lipinski definition) is 1. The average molecular weight is 407 g/mol. The summed E-state index contributed by atoms with van der Waals surface area (Å²) in [5.74, 6) is 0.981. The van der Waals surface area contributed by atoms with Crippen LogP contribution in [0, 0.1) is 17.7 Å². The maximum Gasteiger partial charge on any atom is 0.255 e. The molecule has 1 aromatic rings. The van der Waals surface area contributed by atoms with Gasteiger partial charge in [0.2, 0.25) is 5.91 Å². The van der Waals surface area contributed by atoms with Crippen molar-refractivity contribution in [1.82, 2.24) is 10.2 Å². The van der Waals surface area contributed by atoms with Gasteiger partial charge in [0.15, 0.2) is 0 Å². The monoisotopic (exact) mass is 406 g/mol. The Morgan fingerprint density at radius 2 is 1.86 bits per heavy atom. The van der Waals surface area contributed by atoms with Gasteiger partial charge in [0.05, 0.1) is 5.37 Å². The summed E-state index contributed by atoms with van der Waals surface area (Å²) in [6, 6.07) is 5.20. The van der Waals surface area contributed by atoms with Crippen molar-refractivity contribution in [3.05, 3.63) is 35.6 Å². The quantitative estimate of drug-likeness (QED) is 0.759. The van der Waals surface area contributed by atoms with Crippen LogP contribution in [0.25, 0.3) is 0 Å². The van der Waals surface area contributed by atoms with Gasteiger partial charge in [-0.2, -0.15) is 0 Å². The van der Waals surface area contributed by atoms with Crippen LogP contribution in [0.15, 0.2) is 24.3 Å². The van der Waals surface area contributed by atoms with Crippen LogP contribution < -0.4 is 5.32 Å². The van der Waals surface area contributed by atoms with E-state index in [1.807, 2.05) is 0 Å². The fourth-order valence-corrected chi connectivity index (χ4v) is 5.75. The second kappa shape index (κ2) is 9.77. The van der Waals surface area contributed by atoms with Gasteiger partial charge in [-0.3, -0.25) is 9.59 Å². The minimum atomic E-state index is -0.457. The summed E-state index contributed by atoms with van der Waals surface area (Å²) in [6.45, 7) is 4.88. The second-order valence-corrected chi connectivity index (χ2v) is 9.48. The molecule has 28 heavy (non-hydrogen) atoms. The van der Waals surface area contributed by atoms with Crippen LogP contribution >= 0.6 is 11.8 Å². The molecule has 1 aliphatic heterocycles. The Labute approximate surface area is 171 Å². The number of nitrogens with zero attached hydrogens (tertiary/aromatic N) is 1. The standard InChI is InChI=1S/C22H31FN2O2S/c1-15(2)12-13-24-20(26)19-14-28-22(17-6-4-3-5-7-17)25(19)21(27)16-8-10-18(23)11-9-16/h8-11,15,17,19,22H,3-7,12-14H2,1-2H3,(H,24,26)/t19-,22-/m1/s1. The zero-order valence-corrected chi connectivity index (χ0v) is 17.6. The summed E-state index contributed by atoms with van der Waals surface area (Å²) in [7, 11) is 0. The molecule has 1 saturated carbocycles. The molecule has 2 atom stereocenters. The average Bonchev–Trinajstić information content (AvgIpc) is 3.13. The highest BCUT2D eigenvalue weighted by molar-refractivity contribution is 8.00. The number of carbonyl (C=O) groups excluding carboxylic acids is 2. The van der Waals surface area contributed by atoms with Crippen molar-refractivity contribution in [3.63, 3.8) is 0 Å². The molecule has 1 aliphatic carbocycles. The van der Waals surface area contributed by atoms with Crippen LogP contribution in [-0.4, -0.2) is 40.4 Å². The number of benzene rings is 1. The molecule has 0 bridgehead atoms. The van der Waals surface area contributed by atoms with E-state index in [1.165, 1.54) is 43.5 Å². The van der Waals surface area contributed by atoms with Gasteiger partial charge in [-0.25, -0.2) is 4.39 Å². The van der Waals surface area contributed by atoms with Gasteiger partial charge in [-0.1, -0.05) is 33.1 Å². The third kappa shape index (κ3) is 5.07. The molecule has 2 amide bonds. The molecule has 0 aromatic heterocycles. The number of nitrogens with one attached hydrogen (secondary N) is 1. The van der Waals surface area contributed by atoms with Gasteiger partial charge in [-0.05, 0) is 55.4 Å². The molecular weight excluding hydrogens is 375 g/mol. The number of halogens is 1. The van der Waals surface area contributed by atoms with Crippen LogP contribution in [0.4, 0.5) is 4.39 Å². The Morgan fingerprint density at radius 1 is 1.18 bits per heavy atom. The predicted molar refractivity (Wildman–Crippen MR) is 112 cm³/mol. The molecule has 6 heteroatoms. The summed E-state index contributed by atoms with van der Waals surface area (Å²) in [5, 5.41) is 3.05. The van der Waals surface area contributed by atoms with Crippen molar-refractivity contribution in [2.45, 2.75) is 63.8 Å². The number of thioether (sulfide) groups is 1. The zero-order chi connectivity index (χ0) is 20.1. The second-order valence-electron chi connectivity index (χ2n) is 8.33. The van der Waals surface area contributed by atoms with Crippen LogP contribution in [0.1, 0.15) is 62.7 Å². The summed E-state index contributed by atoms with van der Waals surface area (Å²) >= 11 is 1.73. The molecule has 0 unspecified atom stereocenters. The molecule has 1 aromatic carbocycles. The first-order valence-electron chi connectivity index (χ1n) is 10.4. The third-order valence-corrected chi connectivity index (χ3v) is 7.20. The molecule has 1 N–H and O–H groups in total. The van der Waals surface area contributed by atoms with Gasteiger partial charge in [0.25, 0.3) is 5.91 Å². The van der Waals surface area contributed by atoms with Crippen LogP contribution in [-0.2, 0) is 4.79 Å². The van der Waals surface area contributed by atoms with Gasteiger partial charge >= 0.3 is 0 Å². The number of carbonyl (C=O) groups is 2. The third-order valence-electron chi connectivity index (χ3n) is 5.74. The van der Waals surface area contributed by atoms with E-state index in [2.05, 4.69) is 19.2 Å². The van der Waals surface area contributed by atoms with E-state index < -0.39 is 6.04 Å². The molecule has 3 rings (SSSR count). The first-order chi connectivity index (χ1) is 13.5. The fraction of sp³-hybridized carbons (Fsp3) is 0.636. The first kappa shape index (κ1) is 21.2. The maximum atomic E-state index is 13.3. The molecule has 1 saturated heterocycles. The molecule has 4 nitrogen and oxygen atoms in total. The lowest BCUT2D eigenvalue weighted by molar-refractivity contribution is -0.125. The van der Waals surface area contributed by atoms with Crippen molar-refractivity contribution in [1.29, 1.82) is 0 Å². The lowest BCUT2D eigenvalue weighted by atomic mass is 9.88. The first-order valence-corrected chi connectivity index (χ1v) is 11.5. The molecule has 2 aliphatic rings. The van der Waals surface area contributed by atoms with E-state index in [0.717, 1.165) is 19.3 Å². The van der Waals surface area contributed by atoms with Crippen molar-refractivity contribution in [2.24, 2.45) is 11.8 Å². The van der Waals surface area contributed by atoms with E-state index in [-0.39, 0.29) is 23.0 Å². The van der Waals surface area contributed by atoms with Crippen molar-refractivity contribution < 1.29 is 14.0 Å². The summed E-state index contributed by atoms with van der Waals surface area (Å²) in [5.41, 5.74) is 0.449. The molecule has 0 radical (unpaired) electrons. The minimum Gasteiger partial charge on any atom is -0.354 e. The molecular formula is C22H31FN2O2S. The molecule has 0 spiro atoms. The van der Waals surface area contributed by atoms with Gasteiger partial charge in [-0.15, -0.1) is 11.8 Å². The van der Waals surface area contributed by atoms with Crippen LogP contribution in [0.2, 0.25) is 0 Å². The Bertz CT molecular complexity index is 674. The van der Waals surface area contributed by atoms with E-state index in [4.69, 9.17) is 0 Å². The molecule has 1 heterocycles. The van der Waals surface area contributed by atoms with E-state index in [9.17, 15) is 14.0 Å². The van der Waals surface area contributed by atoms with E-state index in [0.29, 0.717) is 29.7 Å². The fourth-order valence-electron chi connectivity index (χ4n) is 4.11. The van der Waals surface area contributed by atoms with E-state index in [1.54, 1.807) is 16.7 Å². The highest BCUT2D eigenvalue weighted by atomic mass is 32.2. The number of rotatable bonds is 6. The SMILES string of the molecule is CC(C)CCNC(=O)[C@H]1CS[C@H](C2CCCCC2)N1C(=O)c1ccc(F)cc1. The summed E-state index contributed by atoms with van der Waals surface area (Å²) < 4.78 is 13.3. The van der Waals surface area contributed by atoms with Crippen molar-refractivity contribution >= 4 is 23.6 Å². The van der Waals surface area contributed by atoms with Gasteiger partial charge < -0.3 is 10.2 Å². The number of amides is 2. The predicted octanol–water partition coefficient (Wildman–Crippen LogP) is 4.45. The Hall–Kier alpha value is -1.56.